The van der Waals surface area contributed by atoms with E-state index in [2.05, 4.69) is 0 Å². The van der Waals surface area contributed by atoms with Crippen LogP contribution in [0.2, 0.25) is 0 Å². The summed E-state index contributed by atoms with van der Waals surface area (Å²) in [7, 11) is 0. The number of rotatable bonds is 5. The molecule has 0 radical (unpaired) electrons. The minimum absolute atomic E-state index is 0.0142. The zero-order valence-electron chi connectivity index (χ0n) is 8.60. The van der Waals surface area contributed by atoms with Crippen LogP contribution < -0.4 is 4.87 Å². The van der Waals surface area contributed by atoms with Crippen LogP contribution in [0, 0.1) is 6.92 Å². The van der Waals surface area contributed by atoms with Gasteiger partial charge in [-0.15, -0.1) is 0 Å². The summed E-state index contributed by atoms with van der Waals surface area (Å²) in [6.07, 6.45) is 0.274. The molecule has 1 aromatic rings. The van der Waals surface area contributed by atoms with E-state index in [0.717, 1.165) is 0 Å². The molecule has 1 heterocycles. The predicted molar refractivity (Wildman–Crippen MR) is 57.1 cm³/mol. The van der Waals surface area contributed by atoms with Gasteiger partial charge in [-0.2, -0.15) is 0 Å². The fourth-order valence-electron chi connectivity index (χ4n) is 1.32. The number of aromatic nitrogens is 1. The molecule has 6 nitrogen and oxygen atoms in total. The second-order valence-electron chi connectivity index (χ2n) is 3.24. The maximum Gasteiger partial charge on any atom is 0.347 e. The number of carbonyl (C=O) groups is 2. The highest BCUT2D eigenvalue weighted by Crippen LogP contribution is 2.12. The summed E-state index contributed by atoms with van der Waals surface area (Å²) in [6, 6.07) is 0. The molecule has 1 rings (SSSR count). The Morgan fingerprint density at radius 1 is 1.38 bits per heavy atom. The molecule has 16 heavy (non-hydrogen) atoms. The summed E-state index contributed by atoms with van der Waals surface area (Å²) >= 11 is 0.668. The standard InChI is InChI=1S/C9H11NO5S/c1-5-7(8(13)14)16-9(15)10(5)4-2-3-6(11)12/h2-4H2,1H3,(H,11,12)(H,13,14). The van der Waals surface area contributed by atoms with Crippen LogP contribution in [0.1, 0.15) is 28.2 Å². The van der Waals surface area contributed by atoms with E-state index in [1.807, 2.05) is 0 Å². The molecule has 0 aromatic carbocycles. The van der Waals surface area contributed by atoms with Gasteiger partial charge in [0.25, 0.3) is 0 Å². The van der Waals surface area contributed by atoms with Crippen molar-refractivity contribution in [3.05, 3.63) is 20.2 Å². The van der Waals surface area contributed by atoms with Gasteiger partial charge in [0.1, 0.15) is 4.88 Å². The summed E-state index contributed by atoms with van der Waals surface area (Å²) in [5.74, 6) is -2.06. The lowest BCUT2D eigenvalue weighted by molar-refractivity contribution is -0.137. The van der Waals surface area contributed by atoms with Crippen molar-refractivity contribution in [3.8, 4) is 0 Å². The fourth-order valence-corrected chi connectivity index (χ4v) is 2.18. The Kier molecular flexibility index (Phi) is 3.83. The highest BCUT2D eigenvalue weighted by atomic mass is 32.1. The summed E-state index contributed by atoms with van der Waals surface area (Å²) < 4.78 is 1.30. The lowest BCUT2D eigenvalue weighted by atomic mass is 10.3. The first-order valence-electron chi connectivity index (χ1n) is 4.58. The van der Waals surface area contributed by atoms with Gasteiger partial charge in [0.05, 0.1) is 0 Å². The van der Waals surface area contributed by atoms with E-state index in [0.29, 0.717) is 23.5 Å². The molecule has 1 aromatic heterocycles. The first-order chi connectivity index (χ1) is 7.43. The highest BCUT2D eigenvalue weighted by Gasteiger charge is 2.16. The molecule has 0 bridgehead atoms. The third-order valence-corrected chi connectivity index (χ3v) is 3.18. The summed E-state index contributed by atoms with van der Waals surface area (Å²) in [5, 5.41) is 17.2. The maximum absolute atomic E-state index is 11.4. The molecular formula is C9H11NO5S. The van der Waals surface area contributed by atoms with Gasteiger partial charge in [0, 0.05) is 18.7 Å². The Morgan fingerprint density at radius 2 is 2.00 bits per heavy atom. The number of carboxylic acid groups (broad SMARTS) is 2. The van der Waals surface area contributed by atoms with Crippen molar-refractivity contribution in [1.29, 1.82) is 0 Å². The summed E-state index contributed by atoms with van der Waals surface area (Å²) in [4.78, 5) is 32.1. The van der Waals surface area contributed by atoms with Gasteiger partial charge in [-0.05, 0) is 13.3 Å². The van der Waals surface area contributed by atoms with Crippen LogP contribution in [-0.2, 0) is 11.3 Å². The van der Waals surface area contributed by atoms with E-state index >= 15 is 0 Å². The molecule has 2 N–H and O–H groups in total. The largest absolute Gasteiger partial charge is 0.481 e. The van der Waals surface area contributed by atoms with Gasteiger partial charge in [0.2, 0.25) is 0 Å². The molecule has 0 unspecified atom stereocenters. The maximum atomic E-state index is 11.4. The third-order valence-electron chi connectivity index (χ3n) is 2.11. The second kappa shape index (κ2) is 4.93. The van der Waals surface area contributed by atoms with Crippen LogP contribution >= 0.6 is 11.3 Å². The average molecular weight is 245 g/mol. The van der Waals surface area contributed by atoms with E-state index in [-0.39, 0.29) is 22.7 Å². The van der Waals surface area contributed by atoms with E-state index < -0.39 is 11.9 Å². The van der Waals surface area contributed by atoms with E-state index in [4.69, 9.17) is 10.2 Å². The molecule has 0 spiro atoms. The number of hydrogen-bond acceptors (Lipinski definition) is 4. The smallest absolute Gasteiger partial charge is 0.347 e. The zero-order chi connectivity index (χ0) is 12.3. The van der Waals surface area contributed by atoms with Crippen LogP contribution in [-0.4, -0.2) is 26.7 Å². The molecule has 0 aliphatic rings. The minimum atomic E-state index is -1.13. The fraction of sp³-hybridized carbons (Fsp3) is 0.444. The Morgan fingerprint density at radius 3 is 2.44 bits per heavy atom. The van der Waals surface area contributed by atoms with Crippen LogP contribution in [0.5, 0.6) is 0 Å². The summed E-state index contributed by atoms with van der Waals surface area (Å²) in [6.45, 7) is 1.78. The van der Waals surface area contributed by atoms with Crippen LogP contribution in [0.15, 0.2) is 4.79 Å². The van der Waals surface area contributed by atoms with E-state index in [1.165, 1.54) is 4.57 Å². The monoisotopic (exact) mass is 245 g/mol. The van der Waals surface area contributed by atoms with Crippen LogP contribution in [0.25, 0.3) is 0 Å². The third kappa shape index (κ3) is 2.69. The lowest BCUT2D eigenvalue weighted by Gasteiger charge is -2.02. The second-order valence-corrected chi connectivity index (χ2v) is 4.20. The molecule has 0 fully saturated rings. The number of carboxylic acids is 2. The minimum Gasteiger partial charge on any atom is -0.481 e. The van der Waals surface area contributed by atoms with Gasteiger partial charge in [-0.3, -0.25) is 9.59 Å². The zero-order valence-corrected chi connectivity index (χ0v) is 9.41. The molecule has 0 saturated carbocycles. The molecule has 0 aliphatic carbocycles. The Hall–Kier alpha value is -1.63. The van der Waals surface area contributed by atoms with Crippen molar-refractivity contribution in [3.63, 3.8) is 0 Å². The molecule has 7 heteroatoms. The summed E-state index contributed by atoms with van der Waals surface area (Å²) in [5.41, 5.74) is 0.382. The van der Waals surface area contributed by atoms with Gasteiger partial charge >= 0.3 is 16.8 Å². The number of hydrogen-bond donors (Lipinski definition) is 2. The molecule has 0 aliphatic heterocycles. The first-order valence-corrected chi connectivity index (χ1v) is 5.40. The van der Waals surface area contributed by atoms with Crippen molar-refractivity contribution in [2.75, 3.05) is 0 Å². The SMILES string of the molecule is Cc1c(C(=O)O)sc(=O)n1CCCC(=O)O. The number of thiazole rings is 1. The van der Waals surface area contributed by atoms with E-state index in [1.54, 1.807) is 6.92 Å². The van der Waals surface area contributed by atoms with Crippen molar-refractivity contribution in [2.45, 2.75) is 26.3 Å². The molecule has 0 saturated heterocycles. The lowest BCUT2D eigenvalue weighted by Crippen LogP contribution is -2.15. The Balaban J connectivity index is 2.85. The highest BCUT2D eigenvalue weighted by molar-refractivity contribution is 7.11. The predicted octanol–water partition coefficient (Wildman–Crippen LogP) is 0.781. The van der Waals surface area contributed by atoms with Gasteiger partial charge in [-0.25, -0.2) is 4.79 Å². The van der Waals surface area contributed by atoms with Crippen molar-refractivity contribution >= 4 is 23.3 Å². The van der Waals surface area contributed by atoms with Crippen molar-refractivity contribution in [1.82, 2.24) is 4.57 Å². The Labute approximate surface area is 94.8 Å². The number of aliphatic carboxylic acids is 1. The molecule has 88 valence electrons. The average Bonchev–Trinajstić information content (AvgIpc) is 2.44. The number of aromatic carboxylic acids is 1. The molecule has 0 atom stereocenters. The van der Waals surface area contributed by atoms with Gasteiger partial charge in [0.15, 0.2) is 0 Å². The van der Waals surface area contributed by atoms with Gasteiger partial charge in [-0.1, -0.05) is 11.3 Å². The normalized spacial score (nSPS) is 10.3. The Bertz CT molecular complexity index is 473. The van der Waals surface area contributed by atoms with Gasteiger partial charge < -0.3 is 14.8 Å². The van der Waals surface area contributed by atoms with Crippen molar-refractivity contribution < 1.29 is 19.8 Å². The quantitative estimate of drug-likeness (QED) is 0.799. The topological polar surface area (TPSA) is 96.6 Å². The van der Waals surface area contributed by atoms with Crippen LogP contribution in [0.3, 0.4) is 0 Å². The van der Waals surface area contributed by atoms with Crippen LogP contribution in [0.4, 0.5) is 0 Å². The van der Waals surface area contributed by atoms with E-state index in [9.17, 15) is 14.4 Å². The molecular weight excluding hydrogens is 234 g/mol. The molecule has 0 amide bonds. The number of nitrogens with zero attached hydrogens (tertiary/aromatic N) is 1. The van der Waals surface area contributed by atoms with Crippen molar-refractivity contribution in [2.24, 2.45) is 0 Å². The first kappa shape index (κ1) is 12.4.